The van der Waals surface area contributed by atoms with Crippen molar-refractivity contribution in [2.45, 2.75) is 0 Å². The predicted molar refractivity (Wildman–Crippen MR) is 65.1 cm³/mol. The maximum atomic E-state index is 12.7. The zero-order valence-corrected chi connectivity index (χ0v) is 8.98. The van der Waals surface area contributed by atoms with Crippen LogP contribution in [0, 0.1) is 5.82 Å². The third-order valence-electron chi connectivity index (χ3n) is 2.49. The van der Waals surface area contributed by atoms with Crippen LogP contribution in [0.25, 0.3) is 0 Å². The lowest BCUT2D eigenvalue weighted by Gasteiger charge is -2.07. The van der Waals surface area contributed by atoms with Crippen LogP contribution in [-0.4, -0.2) is 5.78 Å². The van der Waals surface area contributed by atoms with Crippen LogP contribution in [0.2, 0.25) is 0 Å². The first-order chi connectivity index (χ1) is 8.09. The molecule has 4 N–H and O–H groups in total. The first-order valence-corrected chi connectivity index (χ1v) is 5.04. The van der Waals surface area contributed by atoms with Crippen molar-refractivity contribution in [2.24, 2.45) is 0 Å². The maximum Gasteiger partial charge on any atom is 0.195 e. The smallest absolute Gasteiger partial charge is 0.195 e. The average Bonchev–Trinajstić information content (AvgIpc) is 2.33. The van der Waals surface area contributed by atoms with E-state index in [0.717, 1.165) is 0 Å². The second kappa shape index (κ2) is 4.25. The van der Waals surface area contributed by atoms with E-state index in [1.54, 1.807) is 18.2 Å². The van der Waals surface area contributed by atoms with Gasteiger partial charge in [-0.25, -0.2) is 4.39 Å². The summed E-state index contributed by atoms with van der Waals surface area (Å²) in [5.74, 6) is -0.656. The fourth-order valence-corrected chi connectivity index (χ4v) is 1.54. The number of nitrogens with two attached hydrogens (primary N) is 2. The molecule has 0 spiro atoms. The Hall–Kier alpha value is -2.36. The highest BCUT2D eigenvalue weighted by atomic mass is 19.1. The topological polar surface area (TPSA) is 69.1 Å². The van der Waals surface area contributed by atoms with Crippen molar-refractivity contribution in [1.29, 1.82) is 0 Å². The highest BCUT2D eigenvalue weighted by molar-refractivity contribution is 6.13. The highest BCUT2D eigenvalue weighted by Crippen LogP contribution is 2.22. The van der Waals surface area contributed by atoms with Crippen LogP contribution in [0.15, 0.2) is 42.5 Å². The van der Waals surface area contributed by atoms with Crippen LogP contribution < -0.4 is 11.5 Å². The first-order valence-electron chi connectivity index (χ1n) is 5.04. The molecule has 2 aromatic carbocycles. The molecule has 0 fully saturated rings. The number of nitrogen functional groups attached to an aromatic ring is 2. The van der Waals surface area contributed by atoms with Crippen molar-refractivity contribution >= 4 is 17.2 Å². The molecule has 0 aliphatic rings. The van der Waals surface area contributed by atoms with Gasteiger partial charge >= 0.3 is 0 Å². The Morgan fingerprint density at radius 1 is 1.00 bits per heavy atom. The largest absolute Gasteiger partial charge is 0.397 e. The van der Waals surface area contributed by atoms with E-state index in [1.807, 2.05) is 0 Å². The summed E-state index contributed by atoms with van der Waals surface area (Å²) in [4.78, 5) is 12.1. The van der Waals surface area contributed by atoms with E-state index >= 15 is 0 Å². The molecule has 2 rings (SSSR count). The summed E-state index contributed by atoms with van der Waals surface area (Å²) >= 11 is 0. The number of ketones is 1. The maximum absolute atomic E-state index is 12.7. The third-order valence-corrected chi connectivity index (χ3v) is 2.49. The number of carbonyl (C=O) groups excluding carboxylic acids is 1. The molecule has 3 nitrogen and oxygen atoms in total. The van der Waals surface area contributed by atoms with E-state index in [0.29, 0.717) is 16.8 Å². The average molecular weight is 230 g/mol. The van der Waals surface area contributed by atoms with Gasteiger partial charge in [-0.05, 0) is 36.4 Å². The predicted octanol–water partition coefficient (Wildman–Crippen LogP) is 2.22. The molecule has 0 bridgehead atoms. The summed E-state index contributed by atoms with van der Waals surface area (Å²) in [6.07, 6.45) is 0. The molecule has 0 unspecified atom stereocenters. The SMILES string of the molecule is Nc1cccc(C(=O)c2ccc(F)cc2)c1N. The quantitative estimate of drug-likeness (QED) is 0.614. The minimum atomic E-state index is -0.387. The van der Waals surface area contributed by atoms with Gasteiger partial charge in [-0.1, -0.05) is 6.07 Å². The fraction of sp³-hybridized carbons (Fsp3) is 0. The van der Waals surface area contributed by atoms with Crippen molar-refractivity contribution in [3.8, 4) is 0 Å². The van der Waals surface area contributed by atoms with Crippen molar-refractivity contribution in [3.05, 3.63) is 59.4 Å². The zero-order valence-electron chi connectivity index (χ0n) is 8.98. The van der Waals surface area contributed by atoms with E-state index in [2.05, 4.69) is 0 Å². The minimum absolute atomic E-state index is 0.252. The van der Waals surface area contributed by atoms with E-state index in [-0.39, 0.29) is 17.3 Å². The summed E-state index contributed by atoms with van der Waals surface area (Å²) in [5.41, 5.74) is 12.7. The van der Waals surface area contributed by atoms with Gasteiger partial charge in [-0.3, -0.25) is 4.79 Å². The number of rotatable bonds is 2. The van der Waals surface area contributed by atoms with Gasteiger partial charge < -0.3 is 11.5 Å². The van der Waals surface area contributed by atoms with Gasteiger partial charge in [0.25, 0.3) is 0 Å². The first kappa shape index (κ1) is 11.1. The number of para-hydroxylation sites is 1. The Morgan fingerprint density at radius 3 is 2.29 bits per heavy atom. The zero-order chi connectivity index (χ0) is 12.4. The van der Waals surface area contributed by atoms with Crippen LogP contribution >= 0.6 is 0 Å². The fourth-order valence-electron chi connectivity index (χ4n) is 1.54. The van der Waals surface area contributed by atoms with E-state index in [9.17, 15) is 9.18 Å². The Balaban J connectivity index is 2.44. The number of halogens is 1. The summed E-state index contributed by atoms with van der Waals surface area (Å²) < 4.78 is 12.7. The molecular weight excluding hydrogens is 219 g/mol. The molecule has 0 aliphatic heterocycles. The molecule has 0 atom stereocenters. The van der Waals surface area contributed by atoms with Crippen LogP contribution in [-0.2, 0) is 0 Å². The molecule has 0 amide bonds. The molecule has 0 aromatic heterocycles. The van der Waals surface area contributed by atoms with Crippen LogP contribution in [0.3, 0.4) is 0 Å². The summed E-state index contributed by atoms with van der Waals surface area (Å²) in [5, 5.41) is 0. The lowest BCUT2D eigenvalue weighted by Crippen LogP contribution is -2.07. The molecule has 0 aliphatic carbocycles. The molecule has 4 heteroatoms. The number of benzene rings is 2. The Bertz CT molecular complexity index is 564. The second-order valence-corrected chi connectivity index (χ2v) is 3.64. The van der Waals surface area contributed by atoms with Gasteiger partial charge in [0.1, 0.15) is 5.82 Å². The third kappa shape index (κ3) is 2.10. The lowest BCUT2D eigenvalue weighted by molar-refractivity contribution is 0.103. The normalized spacial score (nSPS) is 10.2. The van der Waals surface area contributed by atoms with Gasteiger partial charge in [0.15, 0.2) is 5.78 Å². The molecular formula is C13H11FN2O. The number of carbonyl (C=O) groups is 1. The number of hydrogen-bond donors (Lipinski definition) is 2. The number of anilines is 2. The lowest BCUT2D eigenvalue weighted by atomic mass is 10.0. The molecule has 0 radical (unpaired) electrons. The van der Waals surface area contributed by atoms with E-state index < -0.39 is 0 Å². The summed E-state index contributed by atoms with van der Waals surface area (Å²) in [6, 6.07) is 10.2. The minimum Gasteiger partial charge on any atom is -0.397 e. The van der Waals surface area contributed by atoms with Crippen molar-refractivity contribution < 1.29 is 9.18 Å². The standard InChI is InChI=1S/C13H11FN2O/c14-9-6-4-8(5-7-9)13(17)10-2-1-3-11(15)12(10)16/h1-7H,15-16H2. The summed E-state index contributed by atoms with van der Waals surface area (Å²) in [7, 11) is 0. The molecule has 0 saturated heterocycles. The second-order valence-electron chi connectivity index (χ2n) is 3.64. The Labute approximate surface area is 97.9 Å². The van der Waals surface area contributed by atoms with E-state index in [1.165, 1.54) is 24.3 Å². The van der Waals surface area contributed by atoms with Gasteiger partial charge in [0.05, 0.1) is 11.4 Å². The van der Waals surface area contributed by atoms with E-state index in [4.69, 9.17) is 11.5 Å². The van der Waals surface area contributed by atoms with Gasteiger partial charge in [-0.2, -0.15) is 0 Å². The van der Waals surface area contributed by atoms with Gasteiger partial charge in [0, 0.05) is 11.1 Å². The molecule has 86 valence electrons. The van der Waals surface area contributed by atoms with Crippen molar-refractivity contribution in [2.75, 3.05) is 11.5 Å². The molecule has 0 saturated carbocycles. The van der Waals surface area contributed by atoms with Crippen LogP contribution in [0.1, 0.15) is 15.9 Å². The molecule has 17 heavy (non-hydrogen) atoms. The van der Waals surface area contributed by atoms with Crippen LogP contribution in [0.5, 0.6) is 0 Å². The van der Waals surface area contributed by atoms with Crippen molar-refractivity contribution in [1.82, 2.24) is 0 Å². The van der Waals surface area contributed by atoms with Crippen molar-refractivity contribution in [3.63, 3.8) is 0 Å². The van der Waals surface area contributed by atoms with Gasteiger partial charge in [-0.15, -0.1) is 0 Å². The molecule has 2 aromatic rings. The van der Waals surface area contributed by atoms with Crippen LogP contribution in [0.4, 0.5) is 15.8 Å². The Morgan fingerprint density at radius 2 is 1.65 bits per heavy atom. The Kier molecular flexibility index (Phi) is 2.78. The monoisotopic (exact) mass is 230 g/mol. The highest BCUT2D eigenvalue weighted by Gasteiger charge is 2.13. The van der Waals surface area contributed by atoms with Gasteiger partial charge in [0.2, 0.25) is 0 Å². The number of hydrogen-bond acceptors (Lipinski definition) is 3. The summed E-state index contributed by atoms with van der Waals surface area (Å²) in [6.45, 7) is 0. The molecule has 0 heterocycles.